The van der Waals surface area contributed by atoms with E-state index >= 15 is 0 Å². The van der Waals surface area contributed by atoms with Gasteiger partial charge in [0, 0.05) is 25.0 Å². The summed E-state index contributed by atoms with van der Waals surface area (Å²) in [5, 5.41) is 10.5. The molecular formula is C15H20N2O2S. The molecule has 5 heteroatoms. The lowest BCUT2D eigenvalue weighted by Gasteiger charge is -2.25. The van der Waals surface area contributed by atoms with Gasteiger partial charge in [-0.15, -0.1) is 11.3 Å². The molecular weight excluding hydrogens is 272 g/mol. The van der Waals surface area contributed by atoms with Crippen LogP contribution in [0, 0.1) is 11.8 Å². The first-order valence-electron chi connectivity index (χ1n) is 6.75. The lowest BCUT2D eigenvalue weighted by Crippen LogP contribution is -2.39. The summed E-state index contributed by atoms with van der Waals surface area (Å²) < 4.78 is 0. The third-order valence-electron chi connectivity index (χ3n) is 3.64. The van der Waals surface area contributed by atoms with E-state index in [0.717, 1.165) is 24.4 Å². The Morgan fingerprint density at radius 3 is 3.10 bits per heavy atom. The normalized spacial score (nSPS) is 18.6. The Labute approximate surface area is 124 Å². The Morgan fingerprint density at radius 2 is 2.45 bits per heavy atom. The van der Waals surface area contributed by atoms with Crippen molar-refractivity contribution in [1.82, 2.24) is 9.80 Å². The predicted molar refractivity (Wildman–Crippen MR) is 80.9 cm³/mol. The number of likely N-dealkylation sites (tertiary alicyclic amines) is 1. The molecule has 2 rings (SSSR count). The molecule has 2 heterocycles. The number of rotatable bonds is 3. The number of carbonyl (C=O) groups is 1. The van der Waals surface area contributed by atoms with Crippen molar-refractivity contribution < 1.29 is 9.90 Å². The molecule has 1 aliphatic heterocycles. The van der Waals surface area contributed by atoms with Crippen molar-refractivity contribution in [2.24, 2.45) is 0 Å². The Bertz CT molecular complexity index is 529. The van der Waals surface area contributed by atoms with E-state index in [1.165, 1.54) is 17.8 Å². The molecule has 1 amide bonds. The summed E-state index contributed by atoms with van der Waals surface area (Å²) in [4.78, 5) is 17.3. The van der Waals surface area contributed by atoms with E-state index < -0.39 is 0 Å². The molecule has 1 saturated heterocycles. The van der Waals surface area contributed by atoms with Crippen molar-refractivity contribution >= 4 is 17.2 Å². The van der Waals surface area contributed by atoms with Crippen molar-refractivity contribution in [3.05, 3.63) is 21.9 Å². The van der Waals surface area contributed by atoms with Crippen LogP contribution in [0.15, 0.2) is 11.4 Å². The van der Waals surface area contributed by atoms with Gasteiger partial charge in [0.2, 0.25) is 0 Å². The average Bonchev–Trinajstić information content (AvgIpc) is 3.05. The zero-order valence-electron chi connectivity index (χ0n) is 11.9. The lowest BCUT2D eigenvalue weighted by atomic mass is 10.2. The van der Waals surface area contributed by atoms with Crippen molar-refractivity contribution in [1.29, 1.82) is 0 Å². The van der Waals surface area contributed by atoms with Gasteiger partial charge in [0.1, 0.15) is 6.61 Å². The van der Waals surface area contributed by atoms with Crippen LogP contribution in [0.4, 0.5) is 0 Å². The SMILES string of the molecule is CN(CC1CCCN1C)C(=O)c1csc(C#CCO)c1. The molecule has 0 radical (unpaired) electrons. The minimum absolute atomic E-state index is 0.0404. The van der Waals surface area contributed by atoms with Gasteiger partial charge in [-0.25, -0.2) is 0 Å². The number of aliphatic hydroxyl groups excluding tert-OH is 1. The molecule has 1 N–H and O–H groups in total. The smallest absolute Gasteiger partial charge is 0.254 e. The molecule has 4 nitrogen and oxygen atoms in total. The van der Waals surface area contributed by atoms with Gasteiger partial charge in [0.15, 0.2) is 0 Å². The van der Waals surface area contributed by atoms with Gasteiger partial charge in [0.05, 0.1) is 10.4 Å². The maximum atomic E-state index is 12.3. The van der Waals surface area contributed by atoms with Crippen LogP contribution in [0.5, 0.6) is 0 Å². The summed E-state index contributed by atoms with van der Waals surface area (Å²) in [5.74, 6) is 5.46. The minimum Gasteiger partial charge on any atom is -0.384 e. The fourth-order valence-electron chi connectivity index (χ4n) is 2.47. The van der Waals surface area contributed by atoms with E-state index in [4.69, 9.17) is 5.11 Å². The number of likely N-dealkylation sites (N-methyl/N-ethyl adjacent to an activating group) is 2. The molecule has 1 aliphatic rings. The van der Waals surface area contributed by atoms with Crippen LogP contribution in [0.3, 0.4) is 0 Å². The Hall–Kier alpha value is -1.35. The van der Waals surface area contributed by atoms with E-state index in [-0.39, 0.29) is 12.5 Å². The van der Waals surface area contributed by atoms with E-state index in [1.54, 1.807) is 11.0 Å². The molecule has 0 aliphatic carbocycles. The zero-order valence-corrected chi connectivity index (χ0v) is 12.7. The van der Waals surface area contributed by atoms with Gasteiger partial charge in [-0.05, 0) is 32.5 Å². The standard InChI is InChI=1S/C15H20N2O2S/c1-16-7-3-5-13(16)10-17(2)15(19)12-9-14(20-11-12)6-4-8-18/h9,11,13,18H,3,5,7-8,10H2,1-2H3. The predicted octanol–water partition coefficient (Wildman–Crippen LogP) is 1.26. The summed E-state index contributed by atoms with van der Waals surface area (Å²) in [6.45, 7) is 1.73. The minimum atomic E-state index is -0.158. The quantitative estimate of drug-likeness (QED) is 0.853. The second kappa shape index (κ2) is 6.89. The topological polar surface area (TPSA) is 43.8 Å². The van der Waals surface area contributed by atoms with Crippen LogP contribution in [0.2, 0.25) is 0 Å². The van der Waals surface area contributed by atoms with Crippen molar-refractivity contribution in [2.45, 2.75) is 18.9 Å². The number of amides is 1. The van der Waals surface area contributed by atoms with E-state index in [9.17, 15) is 4.79 Å². The highest BCUT2D eigenvalue weighted by Gasteiger charge is 2.24. The van der Waals surface area contributed by atoms with E-state index in [1.807, 2.05) is 12.4 Å². The lowest BCUT2D eigenvalue weighted by molar-refractivity contribution is 0.0762. The van der Waals surface area contributed by atoms with Crippen molar-refractivity contribution in [3.8, 4) is 11.8 Å². The summed E-state index contributed by atoms with van der Waals surface area (Å²) in [6, 6.07) is 2.26. The van der Waals surface area contributed by atoms with Crippen molar-refractivity contribution in [3.63, 3.8) is 0 Å². The highest BCUT2D eigenvalue weighted by Crippen LogP contribution is 2.18. The van der Waals surface area contributed by atoms with Gasteiger partial charge in [-0.3, -0.25) is 4.79 Å². The highest BCUT2D eigenvalue weighted by molar-refractivity contribution is 7.10. The Balaban J connectivity index is 1.97. The van der Waals surface area contributed by atoms with Crippen LogP contribution in [-0.4, -0.2) is 60.6 Å². The third kappa shape index (κ3) is 3.60. The number of carbonyl (C=O) groups excluding carboxylic acids is 1. The van der Waals surface area contributed by atoms with Crippen LogP contribution >= 0.6 is 11.3 Å². The number of aliphatic hydroxyl groups is 1. The first-order chi connectivity index (χ1) is 9.61. The molecule has 0 bridgehead atoms. The number of hydrogen-bond donors (Lipinski definition) is 1. The third-order valence-corrected chi connectivity index (χ3v) is 4.49. The summed E-state index contributed by atoms with van der Waals surface area (Å²) in [7, 11) is 3.97. The van der Waals surface area contributed by atoms with Gasteiger partial charge in [0.25, 0.3) is 5.91 Å². The highest BCUT2D eigenvalue weighted by atomic mass is 32.1. The maximum Gasteiger partial charge on any atom is 0.254 e. The van der Waals surface area contributed by atoms with Gasteiger partial charge in [-0.2, -0.15) is 0 Å². The van der Waals surface area contributed by atoms with Gasteiger partial charge >= 0.3 is 0 Å². The first kappa shape index (κ1) is 15.0. The Kier molecular flexibility index (Phi) is 5.18. The zero-order chi connectivity index (χ0) is 14.5. The second-order valence-corrected chi connectivity index (χ2v) is 6.03. The molecule has 1 atom stereocenters. The molecule has 108 valence electrons. The van der Waals surface area contributed by atoms with Crippen LogP contribution in [0.1, 0.15) is 28.1 Å². The monoisotopic (exact) mass is 292 g/mol. The summed E-state index contributed by atoms with van der Waals surface area (Å²) in [5.41, 5.74) is 0.681. The van der Waals surface area contributed by atoms with E-state index in [2.05, 4.69) is 23.8 Å². The molecule has 0 spiro atoms. The van der Waals surface area contributed by atoms with E-state index in [0.29, 0.717) is 11.6 Å². The van der Waals surface area contributed by atoms with Gasteiger partial charge < -0.3 is 14.9 Å². The molecule has 1 aromatic heterocycles. The molecule has 20 heavy (non-hydrogen) atoms. The van der Waals surface area contributed by atoms with Crippen LogP contribution < -0.4 is 0 Å². The first-order valence-corrected chi connectivity index (χ1v) is 7.63. The summed E-state index contributed by atoms with van der Waals surface area (Å²) >= 11 is 1.44. The Morgan fingerprint density at radius 1 is 1.65 bits per heavy atom. The fraction of sp³-hybridized carbons (Fsp3) is 0.533. The largest absolute Gasteiger partial charge is 0.384 e. The second-order valence-electron chi connectivity index (χ2n) is 5.12. The molecule has 0 saturated carbocycles. The number of thiophene rings is 1. The summed E-state index contributed by atoms with van der Waals surface area (Å²) in [6.07, 6.45) is 2.37. The molecule has 0 aromatic carbocycles. The average molecular weight is 292 g/mol. The fourth-order valence-corrected chi connectivity index (χ4v) is 3.22. The van der Waals surface area contributed by atoms with Gasteiger partial charge in [-0.1, -0.05) is 11.8 Å². The molecule has 1 unspecified atom stereocenters. The number of nitrogens with zero attached hydrogens (tertiary/aromatic N) is 2. The van der Waals surface area contributed by atoms with Crippen molar-refractivity contribution in [2.75, 3.05) is 33.8 Å². The maximum absolute atomic E-state index is 12.3. The number of hydrogen-bond acceptors (Lipinski definition) is 4. The molecule has 1 fully saturated rings. The van der Waals surface area contributed by atoms with Crippen LogP contribution in [-0.2, 0) is 0 Å². The van der Waals surface area contributed by atoms with Crippen LogP contribution in [0.25, 0.3) is 0 Å². The molecule has 1 aromatic rings.